The smallest absolute Gasteiger partial charge is 0.179 e. The maximum Gasteiger partial charge on any atom is 0.179 e. The Morgan fingerprint density at radius 2 is 1.95 bits per heavy atom. The van der Waals surface area contributed by atoms with Gasteiger partial charge in [0.25, 0.3) is 0 Å². The van der Waals surface area contributed by atoms with Crippen molar-refractivity contribution in [3.05, 3.63) is 48.1 Å². The van der Waals surface area contributed by atoms with Gasteiger partial charge in [-0.05, 0) is 23.6 Å². The van der Waals surface area contributed by atoms with Crippen LogP contribution in [-0.4, -0.2) is 15.1 Å². The highest BCUT2D eigenvalue weighted by molar-refractivity contribution is 7.13. The average Bonchev–Trinajstić information content (AvgIpc) is 3.16. The topological polar surface area (TPSA) is 77.8 Å². The van der Waals surface area contributed by atoms with Gasteiger partial charge < -0.3 is 10.3 Å². The van der Waals surface area contributed by atoms with Crippen LogP contribution in [-0.2, 0) is 0 Å². The Bertz CT molecular complexity index is 909. The van der Waals surface area contributed by atoms with Crippen LogP contribution in [0.25, 0.3) is 32.8 Å². The van der Waals surface area contributed by atoms with Crippen molar-refractivity contribution >= 4 is 28.2 Å². The summed E-state index contributed by atoms with van der Waals surface area (Å²) < 4.78 is 5.48. The molecule has 3 heterocycles. The van der Waals surface area contributed by atoms with Gasteiger partial charge in [0.1, 0.15) is 0 Å². The van der Waals surface area contributed by atoms with Gasteiger partial charge in [-0.3, -0.25) is 9.97 Å². The van der Waals surface area contributed by atoms with Gasteiger partial charge in [0.05, 0.1) is 16.6 Å². The van der Waals surface area contributed by atoms with E-state index in [0.29, 0.717) is 11.6 Å². The summed E-state index contributed by atoms with van der Waals surface area (Å²) >= 11 is 1.59. The molecule has 3 aromatic heterocycles. The van der Waals surface area contributed by atoms with Crippen molar-refractivity contribution in [2.45, 2.75) is 0 Å². The van der Waals surface area contributed by atoms with Crippen LogP contribution in [0.15, 0.2) is 52.6 Å². The highest BCUT2D eigenvalue weighted by atomic mass is 32.1. The first-order chi connectivity index (χ1) is 10.3. The second kappa shape index (κ2) is 4.68. The van der Waals surface area contributed by atoms with Gasteiger partial charge in [-0.25, -0.2) is 0 Å². The Morgan fingerprint density at radius 3 is 2.81 bits per heavy atom. The predicted octanol–water partition coefficient (Wildman–Crippen LogP) is 3.60. The number of hydrogen-bond donors (Lipinski definition) is 1. The summed E-state index contributed by atoms with van der Waals surface area (Å²) in [6.45, 7) is 0. The van der Waals surface area contributed by atoms with Gasteiger partial charge in [0.2, 0.25) is 0 Å². The fourth-order valence-electron chi connectivity index (χ4n) is 2.32. The number of fused-ring (bicyclic) bond motifs is 1. The zero-order valence-corrected chi connectivity index (χ0v) is 11.7. The number of thiophene rings is 1. The molecule has 4 aromatic rings. The van der Waals surface area contributed by atoms with E-state index in [-0.39, 0.29) is 0 Å². The van der Waals surface area contributed by atoms with Crippen molar-refractivity contribution in [2.75, 3.05) is 5.73 Å². The number of nitrogens with two attached hydrogens (primary N) is 1. The van der Waals surface area contributed by atoms with Crippen molar-refractivity contribution in [3.63, 3.8) is 0 Å². The normalized spacial score (nSPS) is 11.0. The molecule has 0 bridgehead atoms. The minimum absolute atomic E-state index is 0.383. The predicted molar refractivity (Wildman–Crippen MR) is 82.8 cm³/mol. The SMILES string of the molecule is Nc1noc(-c2cccc3nccnc23)c1-c1cccs1. The molecular formula is C15H10N4OS. The van der Waals surface area contributed by atoms with Gasteiger partial charge in [-0.1, -0.05) is 17.3 Å². The number of nitrogen functional groups attached to an aromatic ring is 1. The fraction of sp³-hybridized carbons (Fsp3) is 0. The van der Waals surface area contributed by atoms with E-state index >= 15 is 0 Å². The summed E-state index contributed by atoms with van der Waals surface area (Å²) in [4.78, 5) is 9.73. The first-order valence-corrected chi connectivity index (χ1v) is 7.21. The van der Waals surface area contributed by atoms with Gasteiger partial charge in [0, 0.05) is 22.8 Å². The Morgan fingerprint density at radius 1 is 1.05 bits per heavy atom. The minimum atomic E-state index is 0.383. The zero-order valence-electron chi connectivity index (χ0n) is 10.9. The number of para-hydroxylation sites is 1. The van der Waals surface area contributed by atoms with Crippen molar-refractivity contribution in [1.29, 1.82) is 0 Å². The molecule has 0 atom stereocenters. The number of anilines is 1. The van der Waals surface area contributed by atoms with Crippen LogP contribution in [0.2, 0.25) is 0 Å². The molecule has 6 heteroatoms. The average molecular weight is 294 g/mol. The summed E-state index contributed by atoms with van der Waals surface area (Å²) in [5, 5.41) is 5.91. The van der Waals surface area contributed by atoms with E-state index in [9.17, 15) is 0 Å². The maximum absolute atomic E-state index is 5.98. The molecule has 0 fully saturated rings. The number of rotatable bonds is 2. The van der Waals surface area contributed by atoms with Gasteiger partial charge in [-0.15, -0.1) is 11.3 Å². The molecule has 0 unspecified atom stereocenters. The van der Waals surface area contributed by atoms with Crippen LogP contribution < -0.4 is 5.73 Å². The third-order valence-corrected chi connectivity index (χ3v) is 4.12. The number of benzene rings is 1. The summed E-state index contributed by atoms with van der Waals surface area (Å²) in [7, 11) is 0. The zero-order chi connectivity index (χ0) is 14.2. The third kappa shape index (κ3) is 1.88. The first-order valence-electron chi connectivity index (χ1n) is 6.34. The standard InChI is InChI=1S/C15H10N4OS/c16-15-12(11-5-2-8-21-11)14(20-19-15)9-3-1-4-10-13(9)18-7-6-17-10/h1-8H,(H2,16,19). The number of aromatic nitrogens is 3. The summed E-state index contributed by atoms with van der Waals surface area (Å²) in [6, 6.07) is 9.74. The van der Waals surface area contributed by atoms with E-state index in [1.54, 1.807) is 23.7 Å². The maximum atomic E-state index is 5.98. The van der Waals surface area contributed by atoms with Crippen molar-refractivity contribution < 1.29 is 4.52 Å². The summed E-state index contributed by atoms with van der Waals surface area (Å²) in [5.41, 5.74) is 9.21. The third-order valence-electron chi connectivity index (χ3n) is 3.23. The molecule has 4 rings (SSSR count). The van der Waals surface area contributed by atoms with Crippen LogP contribution in [0.4, 0.5) is 5.82 Å². The van der Waals surface area contributed by atoms with Crippen molar-refractivity contribution in [3.8, 4) is 21.8 Å². The molecule has 0 saturated carbocycles. The van der Waals surface area contributed by atoms with Gasteiger partial charge in [-0.2, -0.15) is 0 Å². The van der Waals surface area contributed by atoms with Gasteiger partial charge >= 0.3 is 0 Å². The molecule has 0 spiro atoms. The number of nitrogens with zero attached hydrogens (tertiary/aromatic N) is 3. The molecule has 0 saturated heterocycles. The Balaban J connectivity index is 2.03. The largest absolute Gasteiger partial charge is 0.380 e. The molecule has 102 valence electrons. The first kappa shape index (κ1) is 12.0. The summed E-state index contributed by atoms with van der Waals surface area (Å²) in [5.74, 6) is 1.01. The van der Waals surface area contributed by atoms with E-state index < -0.39 is 0 Å². The minimum Gasteiger partial charge on any atom is -0.380 e. The van der Waals surface area contributed by atoms with E-state index in [4.69, 9.17) is 10.3 Å². The molecular weight excluding hydrogens is 284 g/mol. The van der Waals surface area contributed by atoms with Crippen LogP contribution in [0.5, 0.6) is 0 Å². The van der Waals surface area contributed by atoms with Crippen molar-refractivity contribution in [2.24, 2.45) is 0 Å². The van der Waals surface area contributed by atoms with Crippen LogP contribution in [0.3, 0.4) is 0 Å². The van der Waals surface area contributed by atoms with E-state index in [0.717, 1.165) is 27.0 Å². The quantitative estimate of drug-likeness (QED) is 0.611. The molecule has 0 radical (unpaired) electrons. The van der Waals surface area contributed by atoms with Crippen LogP contribution in [0, 0.1) is 0 Å². The second-order valence-corrected chi connectivity index (χ2v) is 5.43. The van der Waals surface area contributed by atoms with E-state index in [1.807, 2.05) is 35.7 Å². The monoisotopic (exact) mass is 294 g/mol. The molecule has 21 heavy (non-hydrogen) atoms. The Hall–Kier alpha value is -2.73. The fourth-order valence-corrected chi connectivity index (χ4v) is 3.10. The van der Waals surface area contributed by atoms with E-state index in [1.165, 1.54) is 0 Å². The van der Waals surface area contributed by atoms with Gasteiger partial charge in [0.15, 0.2) is 11.6 Å². The van der Waals surface area contributed by atoms with Crippen LogP contribution in [0.1, 0.15) is 0 Å². The molecule has 0 amide bonds. The van der Waals surface area contributed by atoms with Crippen LogP contribution >= 0.6 is 11.3 Å². The highest BCUT2D eigenvalue weighted by Crippen LogP contribution is 2.40. The Kier molecular flexibility index (Phi) is 2.68. The van der Waals surface area contributed by atoms with Crippen molar-refractivity contribution in [1.82, 2.24) is 15.1 Å². The highest BCUT2D eigenvalue weighted by Gasteiger charge is 2.20. The lowest BCUT2D eigenvalue weighted by Gasteiger charge is -2.03. The Labute approximate surface area is 124 Å². The molecule has 0 aliphatic rings. The second-order valence-electron chi connectivity index (χ2n) is 4.48. The molecule has 0 aliphatic carbocycles. The van der Waals surface area contributed by atoms with E-state index in [2.05, 4.69) is 15.1 Å². The molecule has 5 nitrogen and oxygen atoms in total. The lowest BCUT2D eigenvalue weighted by molar-refractivity contribution is 0.436. The number of hydrogen-bond acceptors (Lipinski definition) is 6. The summed E-state index contributed by atoms with van der Waals surface area (Å²) in [6.07, 6.45) is 3.33. The molecule has 1 aromatic carbocycles. The molecule has 0 aliphatic heterocycles. The lowest BCUT2D eigenvalue weighted by Crippen LogP contribution is -1.89. The molecule has 2 N–H and O–H groups in total. The lowest BCUT2D eigenvalue weighted by atomic mass is 10.1.